The van der Waals surface area contributed by atoms with Crippen molar-refractivity contribution < 1.29 is 9.53 Å². The minimum absolute atomic E-state index is 0.0429. The van der Waals surface area contributed by atoms with E-state index in [1.54, 1.807) is 0 Å². The van der Waals surface area contributed by atoms with Gasteiger partial charge in [-0.2, -0.15) is 0 Å². The maximum atomic E-state index is 12.6. The molecule has 25 heavy (non-hydrogen) atoms. The Morgan fingerprint density at radius 3 is 2.52 bits per heavy atom. The molecule has 0 aliphatic carbocycles. The summed E-state index contributed by atoms with van der Waals surface area (Å²) < 4.78 is 5.47. The molecule has 4 nitrogen and oxygen atoms in total. The first kappa shape index (κ1) is 18.4. The molecule has 0 N–H and O–H groups in total. The molecule has 2 saturated heterocycles. The third kappa shape index (κ3) is 5.05. The van der Waals surface area contributed by atoms with Crippen LogP contribution < -0.4 is 0 Å². The normalized spacial score (nSPS) is 22.3. The highest BCUT2D eigenvalue weighted by molar-refractivity contribution is 5.76. The summed E-state index contributed by atoms with van der Waals surface area (Å²) in [6, 6.07) is 10.5. The van der Waals surface area contributed by atoms with Gasteiger partial charge in [-0.15, -0.1) is 0 Å². The molecule has 4 heteroatoms. The van der Waals surface area contributed by atoms with Crippen LogP contribution in [0, 0.1) is 5.92 Å². The molecule has 2 aliphatic heterocycles. The lowest BCUT2D eigenvalue weighted by molar-refractivity contribution is -0.133. The summed E-state index contributed by atoms with van der Waals surface area (Å²) in [6.07, 6.45) is 2.72. The average Bonchev–Trinajstić information content (AvgIpc) is 3.14. The third-order valence-electron chi connectivity index (χ3n) is 5.78. The summed E-state index contributed by atoms with van der Waals surface area (Å²) in [7, 11) is 0. The largest absolute Gasteiger partial charge is 0.381 e. The summed E-state index contributed by atoms with van der Waals surface area (Å²) in [5.74, 6) is 1.00. The summed E-state index contributed by atoms with van der Waals surface area (Å²) in [5, 5.41) is 0. The Bertz CT molecular complexity index is 544. The van der Waals surface area contributed by atoms with Crippen LogP contribution in [-0.2, 0) is 14.9 Å². The predicted octanol–water partition coefficient (Wildman–Crippen LogP) is 2.93. The van der Waals surface area contributed by atoms with Crippen LogP contribution in [0.3, 0.4) is 0 Å². The second-order valence-electron chi connectivity index (χ2n) is 8.16. The molecule has 0 spiro atoms. The fourth-order valence-electron chi connectivity index (χ4n) is 3.88. The summed E-state index contributed by atoms with van der Waals surface area (Å²) in [5.41, 5.74) is 1.35. The van der Waals surface area contributed by atoms with Crippen molar-refractivity contribution in [1.29, 1.82) is 0 Å². The second kappa shape index (κ2) is 8.33. The van der Waals surface area contributed by atoms with Crippen molar-refractivity contribution in [3.05, 3.63) is 35.9 Å². The third-order valence-corrected chi connectivity index (χ3v) is 5.78. The first-order valence-electron chi connectivity index (χ1n) is 9.68. The van der Waals surface area contributed by atoms with Gasteiger partial charge in [-0.05, 0) is 29.7 Å². The van der Waals surface area contributed by atoms with Crippen LogP contribution in [0.4, 0.5) is 0 Å². The number of nitrogens with zero attached hydrogens (tertiary/aromatic N) is 2. The fourth-order valence-corrected chi connectivity index (χ4v) is 3.88. The number of amides is 1. The number of ether oxygens (including phenoxy) is 1. The van der Waals surface area contributed by atoms with Crippen molar-refractivity contribution in [2.75, 3.05) is 45.9 Å². The first-order chi connectivity index (χ1) is 12.0. The van der Waals surface area contributed by atoms with Gasteiger partial charge in [0, 0.05) is 45.8 Å². The van der Waals surface area contributed by atoms with Gasteiger partial charge in [0.25, 0.3) is 0 Å². The molecule has 0 saturated carbocycles. The predicted molar refractivity (Wildman–Crippen MR) is 101 cm³/mol. The molecule has 1 atom stereocenters. The molecule has 1 aromatic carbocycles. The number of hydrogen-bond donors (Lipinski definition) is 0. The molecule has 0 aromatic heterocycles. The van der Waals surface area contributed by atoms with Gasteiger partial charge in [0.05, 0.1) is 6.61 Å². The number of rotatable bonds is 6. The minimum atomic E-state index is 0.0429. The Kier molecular flexibility index (Phi) is 6.13. The van der Waals surface area contributed by atoms with E-state index in [4.69, 9.17) is 4.74 Å². The molecular weight excluding hydrogens is 312 g/mol. The van der Waals surface area contributed by atoms with Crippen LogP contribution in [-0.4, -0.2) is 61.6 Å². The zero-order valence-corrected chi connectivity index (χ0v) is 15.7. The highest BCUT2D eigenvalue weighted by Gasteiger charge is 2.27. The Balaban J connectivity index is 1.42. The fraction of sp³-hybridized carbons (Fsp3) is 0.667. The summed E-state index contributed by atoms with van der Waals surface area (Å²) in [6.45, 7) is 11.2. The van der Waals surface area contributed by atoms with E-state index in [-0.39, 0.29) is 5.41 Å². The van der Waals surface area contributed by atoms with E-state index in [1.807, 2.05) is 6.07 Å². The topological polar surface area (TPSA) is 32.8 Å². The van der Waals surface area contributed by atoms with E-state index in [0.29, 0.717) is 18.2 Å². The van der Waals surface area contributed by atoms with Crippen LogP contribution in [0.15, 0.2) is 30.3 Å². The molecule has 0 unspecified atom stereocenters. The smallest absolute Gasteiger partial charge is 0.222 e. The van der Waals surface area contributed by atoms with E-state index >= 15 is 0 Å². The molecule has 0 bridgehead atoms. The van der Waals surface area contributed by atoms with Gasteiger partial charge >= 0.3 is 0 Å². The number of benzene rings is 1. The molecule has 2 aliphatic rings. The lowest BCUT2D eigenvalue weighted by atomic mass is 9.80. The molecule has 2 fully saturated rings. The van der Waals surface area contributed by atoms with Crippen molar-refractivity contribution in [3.63, 3.8) is 0 Å². The van der Waals surface area contributed by atoms with Gasteiger partial charge in [-0.1, -0.05) is 44.2 Å². The van der Waals surface area contributed by atoms with Gasteiger partial charge in [0.1, 0.15) is 0 Å². The SMILES string of the molecule is CC(C)(CCC(=O)N1CCN(C[C@@H]2CCOC2)CC1)c1ccccc1. The van der Waals surface area contributed by atoms with Gasteiger partial charge in [0.15, 0.2) is 0 Å². The Labute approximate surface area is 152 Å². The van der Waals surface area contributed by atoms with Crippen LogP contribution >= 0.6 is 0 Å². The monoisotopic (exact) mass is 344 g/mol. The van der Waals surface area contributed by atoms with Crippen molar-refractivity contribution in [3.8, 4) is 0 Å². The van der Waals surface area contributed by atoms with Crippen LogP contribution in [0.1, 0.15) is 38.7 Å². The van der Waals surface area contributed by atoms with E-state index < -0.39 is 0 Å². The van der Waals surface area contributed by atoms with Gasteiger partial charge in [-0.3, -0.25) is 9.69 Å². The molecule has 2 heterocycles. The number of carbonyl (C=O) groups is 1. The van der Waals surface area contributed by atoms with Crippen molar-refractivity contribution in [1.82, 2.24) is 9.80 Å². The molecular formula is C21H32N2O2. The summed E-state index contributed by atoms with van der Waals surface area (Å²) in [4.78, 5) is 17.2. The molecule has 3 rings (SSSR count). The van der Waals surface area contributed by atoms with Crippen molar-refractivity contribution in [2.24, 2.45) is 5.92 Å². The lowest BCUT2D eigenvalue weighted by Crippen LogP contribution is -2.50. The van der Waals surface area contributed by atoms with Crippen molar-refractivity contribution in [2.45, 2.75) is 38.5 Å². The molecule has 1 amide bonds. The molecule has 138 valence electrons. The standard InChI is InChI=1S/C21H32N2O2/c1-21(2,19-6-4-3-5-7-19)10-8-20(24)23-13-11-22(12-14-23)16-18-9-15-25-17-18/h3-7,18H,8-17H2,1-2H3/t18-/m0/s1. The number of piperazine rings is 1. The van der Waals surface area contributed by atoms with E-state index in [9.17, 15) is 4.79 Å². The van der Waals surface area contributed by atoms with Crippen LogP contribution in [0.2, 0.25) is 0 Å². The maximum Gasteiger partial charge on any atom is 0.222 e. The zero-order valence-electron chi connectivity index (χ0n) is 15.7. The number of carbonyl (C=O) groups excluding carboxylic acids is 1. The minimum Gasteiger partial charge on any atom is -0.381 e. The highest BCUT2D eigenvalue weighted by atomic mass is 16.5. The highest BCUT2D eigenvalue weighted by Crippen LogP contribution is 2.28. The Morgan fingerprint density at radius 1 is 1.16 bits per heavy atom. The lowest BCUT2D eigenvalue weighted by Gasteiger charge is -2.36. The zero-order chi connectivity index (χ0) is 17.7. The van der Waals surface area contributed by atoms with E-state index in [2.05, 4.69) is 47.9 Å². The van der Waals surface area contributed by atoms with E-state index in [1.165, 1.54) is 12.0 Å². The van der Waals surface area contributed by atoms with Crippen molar-refractivity contribution >= 4 is 5.91 Å². The van der Waals surface area contributed by atoms with E-state index in [0.717, 1.165) is 52.4 Å². The van der Waals surface area contributed by atoms with Gasteiger partial charge in [0.2, 0.25) is 5.91 Å². The van der Waals surface area contributed by atoms with Crippen LogP contribution in [0.5, 0.6) is 0 Å². The van der Waals surface area contributed by atoms with Crippen LogP contribution in [0.25, 0.3) is 0 Å². The van der Waals surface area contributed by atoms with Gasteiger partial charge in [-0.25, -0.2) is 0 Å². The molecule has 0 radical (unpaired) electrons. The quantitative estimate of drug-likeness (QED) is 0.795. The van der Waals surface area contributed by atoms with Gasteiger partial charge < -0.3 is 9.64 Å². The Morgan fingerprint density at radius 2 is 1.88 bits per heavy atom. The molecule has 1 aromatic rings. The summed E-state index contributed by atoms with van der Waals surface area (Å²) >= 11 is 0. The maximum absolute atomic E-state index is 12.6. The first-order valence-corrected chi connectivity index (χ1v) is 9.68. The average molecular weight is 344 g/mol. The second-order valence-corrected chi connectivity index (χ2v) is 8.16. The Hall–Kier alpha value is -1.39. The number of hydrogen-bond acceptors (Lipinski definition) is 3.